The molecule has 2 nitrogen and oxygen atoms in total. The average molecular weight is 288 g/mol. The standard InChI is InChI=1S/C17H17NO.ClH/c1-2-11-18-13-16-9-6-10-17(12-16)19-14-15-7-4-3-5-8-15;/h1,3-10,12,18H,11,13-14H2;1H. The van der Waals surface area contributed by atoms with Gasteiger partial charge in [-0.15, -0.1) is 18.8 Å². The first kappa shape index (κ1) is 16.1. The van der Waals surface area contributed by atoms with Crippen LogP contribution in [0.25, 0.3) is 0 Å². The molecular formula is C17H18ClNO. The Labute approximate surface area is 126 Å². The molecule has 0 aliphatic heterocycles. The summed E-state index contributed by atoms with van der Waals surface area (Å²) in [4.78, 5) is 0. The summed E-state index contributed by atoms with van der Waals surface area (Å²) in [5, 5.41) is 3.16. The second kappa shape index (κ2) is 9.03. The Balaban J connectivity index is 0.00000200. The number of halogens is 1. The zero-order valence-electron chi connectivity index (χ0n) is 11.2. The van der Waals surface area contributed by atoms with E-state index in [-0.39, 0.29) is 12.4 Å². The maximum Gasteiger partial charge on any atom is 0.120 e. The first-order valence-corrected chi connectivity index (χ1v) is 6.28. The summed E-state index contributed by atoms with van der Waals surface area (Å²) in [6, 6.07) is 18.2. The Hall–Kier alpha value is -1.95. The van der Waals surface area contributed by atoms with Crippen molar-refractivity contribution in [3.8, 4) is 18.1 Å². The third kappa shape index (κ3) is 5.36. The van der Waals surface area contributed by atoms with Gasteiger partial charge < -0.3 is 10.1 Å². The van der Waals surface area contributed by atoms with E-state index in [2.05, 4.69) is 29.4 Å². The van der Waals surface area contributed by atoms with Gasteiger partial charge in [-0.1, -0.05) is 48.4 Å². The second-order valence-corrected chi connectivity index (χ2v) is 4.23. The number of benzene rings is 2. The fraction of sp³-hybridized carbons (Fsp3) is 0.176. The van der Waals surface area contributed by atoms with Crippen LogP contribution in [0.1, 0.15) is 11.1 Å². The highest BCUT2D eigenvalue weighted by Crippen LogP contribution is 2.15. The van der Waals surface area contributed by atoms with Crippen molar-refractivity contribution in [2.24, 2.45) is 0 Å². The molecular weight excluding hydrogens is 270 g/mol. The number of nitrogens with one attached hydrogen (secondary N) is 1. The van der Waals surface area contributed by atoms with Crippen molar-refractivity contribution in [1.82, 2.24) is 5.32 Å². The van der Waals surface area contributed by atoms with E-state index in [4.69, 9.17) is 11.2 Å². The number of hydrogen-bond donors (Lipinski definition) is 1. The number of terminal acetylenes is 1. The minimum Gasteiger partial charge on any atom is -0.489 e. The van der Waals surface area contributed by atoms with Crippen LogP contribution in [0.15, 0.2) is 54.6 Å². The summed E-state index contributed by atoms with van der Waals surface area (Å²) in [5.74, 6) is 3.44. The van der Waals surface area contributed by atoms with E-state index in [1.54, 1.807) is 0 Å². The summed E-state index contributed by atoms with van der Waals surface area (Å²) in [7, 11) is 0. The minimum absolute atomic E-state index is 0. The van der Waals surface area contributed by atoms with E-state index in [9.17, 15) is 0 Å². The molecule has 0 unspecified atom stereocenters. The topological polar surface area (TPSA) is 21.3 Å². The van der Waals surface area contributed by atoms with Gasteiger partial charge in [0.1, 0.15) is 12.4 Å². The highest BCUT2D eigenvalue weighted by atomic mass is 35.5. The van der Waals surface area contributed by atoms with Crippen LogP contribution in [0.4, 0.5) is 0 Å². The normalized spacial score (nSPS) is 9.35. The predicted molar refractivity (Wildman–Crippen MR) is 85.0 cm³/mol. The Morgan fingerprint density at radius 1 is 1.00 bits per heavy atom. The van der Waals surface area contributed by atoms with E-state index in [0.717, 1.165) is 12.3 Å². The fourth-order valence-electron chi connectivity index (χ4n) is 1.77. The van der Waals surface area contributed by atoms with Gasteiger partial charge in [0, 0.05) is 6.54 Å². The van der Waals surface area contributed by atoms with Crippen molar-refractivity contribution in [2.45, 2.75) is 13.2 Å². The lowest BCUT2D eigenvalue weighted by Gasteiger charge is -2.08. The summed E-state index contributed by atoms with van der Waals surface area (Å²) in [5.41, 5.74) is 2.33. The van der Waals surface area contributed by atoms with E-state index in [1.807, 2.05) is 36.4 Å². The monoisotopic (exact) mass is 287 g/mol. The van der Waals surface area contributed by atoms with Gasteiger partial charge in [-0.25, -0.2) is 0 Å². The molecule has 0 heterocycles. The SMILES string of the molecule is C#CCNCc1cccc(OCc2ccccc2)c1.Cl. The van der Waals surface area contributed by atoms with E-state index in [1.165, 1.54) is 11.1 Å². The zero-order valence-corrected chi connectivity index (χ0v) is 12.0. The molecule has 2 aromatic rings. The van der Waals surface area contributed by atoms with Crippen LogP contribution in [0.5, 0.6) is 5.75 Å². The molecule has 104 valence electrons. The molecule has 0 saturated heterocycles. The van der Waals surface area contributed by atoms with Gasteiger partial charge in [0.05, 0.1) is 6.54 Å². The Morgan fingerprint density at radius 2 is 1.75 bits per heavy atom. The average Bonchev–Trinajstić information content (AvgIpc) is 2.47. The van der Waals surface area contributed by atoms with Gasteiger partial charge in [0.15, 0.2) is 0 Å². The Morgan fingerprint density at radius 3 is 2.50 bits per heavy atom. The smallest absolute Gasteiger partial charge is 0.120 e. The largest absolute Gasteiger partial charge is 0.489 e. The molecule has 0 spiro atoms. The molecule has 0 radical (unpaired) electrons. The fourth-order valence-corrected chi connectivity index (χ4v) is 1.77. The minimum atomic E-state index is 0. The first-order valence-electron chi connectivity index (χ1n) is 6.28. The van der Waals surface area contributed by atoms with Crippen molar-refractivity contribution >= 4 is 12.4 Å². The molecule has 0 aliphatic rings. The third-order valence-corrected chi connectivity index (χ3v) is 2.70. The Bertz CT molecular complexity index is 548. The zero-order chi connectivity index (χ0) is 13.3. The van der Waals surface area contributed by atoms with Gasteiger partial charge in [0.2, 0.25) is 0 Å². The van der Waals surface area contributed by atoms with Gasteiger partial charge >= 0.3 is 0 Å². The molecule has 1 N–H and O–H groups in total. The maximum atomic E-state index is 5.77. The molecule has 20 heavy (non-hydrogen) atoms. The Kier molecular flexibility index (Phi) is 7.27. The molecule has 0 fully saturated rings. The number of ether oxygens (including phenoxy) is 1. The molecule has 0 aromatic heterocycles. The summed E-state index contributed by atoms with van der Waals surface area (Å²) < 4.78 is 5.77. The lowest BCUT2D eigenvalue weighted by molar-refractivity contribution is 0.306. The van der Waals surface area contributed by atoms with Gasteiger partial charge in [-0.05, 0) is 23.3 Å². The van der Waals surface area contributed by atoms with Crippen LogP contribution in [0, 0.1) is 12.3 Å². The van der Waals surface area contributed by atoms with Crippen molar-refractivity contribution in [2.75, 3.05) is 6.54 Å². The van der Waals surface area contributed by atoms with Crippen molar-refractivity contribution in [3.63, 3.8) is 0 Å². The van der Waals surface area contributed by atoms with Crippen molar-refractivity contribution < 1.29 is 4.74 Å². The van der Waals surface area contributed by atoms with Crippen LogP contribution in [0.3, 0.4) is 0 Å². The van der Waals surface area contributed by atoms with E-state index in [0.29, 0.717) is 13.2 Å². The summed E-state index contributed by atoms with van der Waals surface area (Å²) in [6.45, 7) is 1.92. The molecule has 0 saturated carbocycles. The third-order valence-electron chi connectivity index (χ3n) is 2.70. The summed E-state index contributed by atoms with van der Waals surface area (Å²) in [6.07, 6.45) is 5.20. The summed E-state index contributed by atoms with van der Waals surface area (Å²) >= 11 is 0. The lowest BCUT2D eigenvalue weighted by atomic mass is 10.2. The highest BCUT2D eigenvalue weighted by Gasteiger charge is 1.98. The lowest BCUT2D eigenvalue weighted by Crippen LogP contribution is -2.12. The quantitative estimate of drug-likeness (QED) is 0.649. The van der Waals surface area contributed by atoms with Crippen LogP contribution >= 0.6 is 12.4 Å². The molecule has 3 heteroatoms. The van der Waals surface area contributed by atoms with Gasteiger partial charge in [0.25, 0.3) is 0 Å². The molecule has 2 rings (SSSR count). The van der Waals surface area contributed by atoms with Crippen molar-refractivity contribution in [1.29, 1.82) is 0 Å². The van der Waals surface area contributed by atoms with Crippen LogP contribution in [-0.4, -0.2) is 6.54 Å². The molecule has 0 amide bonds. The molecule has 0 atom stereocenters. The van der Waals surface area contributed by atoms with Gasteiger partial charge in [-0.2, -0.15) is 0 Å². The molecule has 2 aromatic carbocycles. The van der Waals surface area contributed by atoms with Crippen LogP contribution < -0.4 is 10.1 Å². The molecule has 0 bridgehead atoms. The predicted octanol–water partition coefficient (Wildman–Crippen LogP) is 3.41. The second-order valence-electron chi connectivity index (χ2n) is 4.23. The van der Waals surface area contributed by atoms with Gasteiger partial charge in [-0.3, -0.25) is 0 Å². The molecule has 0 aliphatic carbocycles. The van der Waals surface area contributed by atoms with Crippen molar-refractivity contribution in [3.05, 3.63) is 65.7 Å². The maximum absolute atomic E-state index is 5.77. The van der Waals surface area contributed by atoms with E-state index < -0.39 is 0 Å². The number of hydrogen-bond acceptors (Lipinski definition) is 2. The van der Waals surface area contributed by atoms with Crippen LogP contribution in [0.2, 0.25) is 0 Å². The number of rotatable bonds is 6. The highest BCUT2D eigenvalue weighted by molar-refractivity contribution is 5.85. The van der Waals surface area contributed by atoms with Crippen LogP contribution in [-0.2, 0) is 13.2 Å². The van der Waals surface area contributed by atoms with E-state index >= 15 is 0 Å². The first-order chi connectivity index (χ1) is 9.38.